The van der Waals surface area contributed by atoms with Gasteiger partial charge in [0, 0.05) is 6.07 Å². The Balaban J connectivity index is 2.09. The van der Waals surface area contributed by atoms with E-state index in [1.807, 2.05) is 0 Å². The smallest absolute Gasteiger partial charge is 0.371 e. The Bertz CT molecular complexity index is 393. The molecule has 17 heavy (non-hydrogen) atoms. The van der Waals surface area contributed by atoms with Crippen LogP contribution in [0.5, 0.6) is 0 Å². The molecule has 0 bridgehead atoms. The Morgan fingerprint density at radius 2 is 2.06 bits per heavy atom. The fourth-order valence-corrected chi connectivity index (χ4v) is 2.33. The highest BCUT2D eigenvalue weighted by molar-refractivity contribution is 5.84. The van der Waals surface area contributed by atoms with Crippen molar-refractivity contribution in [2.75, 3.05) is 11.9 Å². The lowest BCUT2D eigenvalue weighted by Gasteiger charge is -2.36. The second-order valence-electron chi connectivity index (χ2n) is 4.59. The maximum Gasteiger partial charge on any atom is 0.371 e. The normalized spacial score (nSPS) is 18.9. The molecular formula is C12H17NO4. The van der Waals surface area contributed by atoms with E-state index in [0.717, 1.165) is 25.7 Å². The van der Waals surface area contributed by atoms with Crippen molar-refractivity contribution in [3.8, 4) is 0 Å². The number of carboxylic acid groups (broad SMARTS) is 1. The van der Waals surface area contributed by atoms with Gasteiger partial charge in [0.2, 0.25) is 5.76 Å². The van der Waals surface area contributed by atoms with Crippen LogP contribution in [0, 0.1) is 0 Å². The monoisotopic (exact) mass is 239 g/mol. The molecule has 2 rings (SSSR count). The van der Waals surface area contributed by atoms with Gasteiger partial charge in [0.25, 0.3) is 0 Å². The standard InChI is InChI=1S/C12H17NO4/c14-8-12(6-2-1-3-7-12)13-10-5-4-9(17-10)11(15)16/h4-5,13-14H,1-3,6-8H2,(H,15,16). The molecule has 94 valence electrons. The average molecular weight is 239 g/mol. The maximum absolute atomic E-state index is 10.7. The van der Waals surface area contributed by atoms with E-state index in [4.69, 9.17) is 9.52 Å². The number of carbonyl (C=O) groups is 1. The molecule has 1 aromatic rings. The van der Waals surface area contributed by atoms with Gasteiger partial charge in [-0.25, -0.2) is 4.79 Å². The van der Waals surface area contributed by atoms with Gasteiger partial charge in [0.15, 0.2) is 5.88 Å². The molecule has 0 spiro atoms. The van der Waals surface area contributed by atoms with Crippen molar-refractivity contribution < 1.29 is 19.4 Å². The first-order valence-corrected chi connectivity index (χ1v) is 5.87. The van der Waals surface area contributed by atoms with Crippen LogP contribution in [0.3, 0.4) is 0 Å². The average Bonchev–Trinajstić information content (AvgIpc) is 2.79. The molecule has 3 N–H and O–H groups in total. The Kier molecular flexibility index (Phi) is 3.38. The van der Waals surface area contributed by atoms with Gasteiger partial charge in [-0.1, -0.05) is 19.3 Å². The van der Waals surface area contributed by atoms with E-state index in [1.165, 1.54) is 12.5 Å². The van der Waals surface area contributed by atoms with Crippen LogP contribution >= 0.6 is 0 Å². The van der Waals surface area contributed by atoms with Crippen LogP contribution in [0.2, 0.25) is 0 Å². The highest BCUT2D eigenvalue weighted by Gasteiger charge is 2.32. The zero-order valence-corrected chi connectivity index (χ0v) is 9.61. The number of carboxylic acids is 1. The number of aliphatic hydroxyl groups is 1. The summed E-state index contributed by atoms with van der Waals surface area (Å²) in [4.78, 5) is 10.7. The van der Waals surface area contributed by atoms with Gasteiger partial charge >= 0.3 is 5.97 Å². The largest absolute Gasteiger partial charge is 0.475 e. The van der Waals surface area contributed by atoms with Crippen LogP contribution in [0.15, 0.2) is 16.5 Å². The first-order chi connectivity index (χ1) is 8.15. The van der Waals surface area contributed by atoms with Crippen LogP contribution in [0.25, 0.3) is 0 Å². The lowest BCUT2D eigenvalue weighted by atomic mass is 9.82. The van der Waals surface area contributed by atoms with Gasteiger partial charge in [0.1, 0.15) is 0 Å². The molecule has 1 fully saturated rings. The Labute approximate surface area is 99.4 Å². The van der Waals surface area contributed by atoms with E-state index < -0.39 is 5.97 Å². The summed E-state index contributed by atoms with van der Waals surface area (Å²) < 4.78 is 5.15. The second kappa shape index (κ2) is 4.79. The van der Waals surface area contributed by atoms with Crippen molar-refractivity contribution >= 4 is 11.9 Å². The second-order valence-corrected chi connectivity index (χ2v) is 4.59. The first-order valence-electron chi connectivity index (χ1n) is 5.87. The van der Waals surface area contributed by atoms with Crippen molar-refractivity contribution in [1.82, 2.24) is 0 Å². The van der Waals surface area contributed by atoms with Crippen LogP contribution in [0.1, 0.15) is 42.7 Å². The molecule has 1 aliphatic carbocycles. The lowest BCUT2D eigenvalue weighted by Crippen LogP contribution is -2.43. The topological polar surface area (TPSA) is 82.7 Å². The third-order valence-corrected chi connectivity index (χ3v) is 3.32. The minimum Gasteiger partial charge on any atom is -0.475 e. The zero-order chi connectivity index (χ0) is 12.3. The van der Waals surface area contributed by atoms with E-state index in [2.05, 4.69) is 5.32 Å². The molecule has 0 radical (unpaired) electrons. The van der Waals surface area contributed by atoms with E-state index in [1.54, 1.807) is 6.07 Å². The summed E-state index contributed by atoms with van der Waals surface area (Å²) in [5.41, 5.74) is -0.355. The molecule has 1 aliphatic rings. The minimum absolute atomic E-state index is 0.0378. The van der Waals surface area contributed by atoms with Crippen LogP contribution in [-0.2, 0) is 0 Å². The van der Waals surface area contributed by atoms with Gasteiger partial charge in [-0.2, -0.15) is 0 Å². The van der Waals surface area contributed by atoms with Crippen molar-refractivity contribution in [3.05, 3.63) is 17.9 Å². The molecule has 1 heterocycles. The van der Waals surface area contributed by atoms with Gasteiger partial charge in [-0.3, -0.25) is 0 Å². The van der Waals surface area contributed by atoms with Gasteiger partial charge in [-0.05, 0) is 18.9 Å². The number of hydrogen-bond acceptors (Lipinski definition) is 4. The molecule has 0 atom stereocenters. The van der Waals surface area contributed by atoms with Crippen molar-refractivity contribution in [3.63, 3.8) is 0 Å². The van der Waals surface area contributed by atoms with Gasteiger partial charge < -0.3 is 19.9 Å². The number of anilines is 1. The van der Waals surface area contributed by atoms with Crippen molar-refractivity contribution in [2.24, 2.45) is 0 Å². The number of aromatic carboxylic acids is 1. The molecule has 0 saturated heterocycles. The summed E-state index contributed by atoms with van der Waals surface area (Å²) in [6, 6.07) is 3.01. The van der Waals surface area contributed by atoms with Gasteiger partial charge in [-0.15, -0.1) is 0 Å². The Morgan fingerprint density at radius 1 is 1.35 bits per heavy atom. The van der Waals surface area contributed by atoms with E-state index >= 15 is 0 Å². The van der Waals surface area contributed by atoms with Crippen LogP contribution < -0.4 is 5.32 Å². The molecule has 0 aliphatic heterocycles. The summed E-state index contributed by atoms with van der Waals surface area (Å²) >= 11 is 0. The predicted octanol–water partition coefficient (Wildman–Crippen LogP) is 2.08. The first kappa shape index (κ1) is 12.0. The third kappa shape index (κ3) is 2.61. The number of hydrogen-bond donors (Lipinski definition) is 3. The Hall–Kier alpha value is -1.49. The van der Waals surface area contributed by atoms with E-state index in [-0.39, 0.29) is 17.9 Å². The summed E-state index contributed by atoms with van der Waals surface area (Å²) in [6.45, 7) is 0.0378. The third-order valence-electron chi connectivity index (χ3n) is 3.32. The number of furan rings is 1. The fourth-order valence-electron chi connectivity index (χ4n) is 2.33. The summed E-state index contributed by atoms with van der Waals surface area (Å²) in [5, 5.41) is 21.4. The molecule has 1 saturated carbocycles. The van der Waals surface area contributed by atoms with Crippen molar-refractivity contribution in [2.45, 2.75) is 37.6 Å². The van der Waals surface area contributed by atoms with E-state index in [9.17, 15) is 9.90 Å². The fraction of sp³-hybridized carbons (Fsp3) is 0.583. The highest BCUT2D eigenvalue weighted by Crippen LogP contribution is 2.31. The van der Waals surface area contributed by atoms with Gasteiger partial charge in [0.05, 0.1) is 12.1 Å². The van der Waals surface area contributed by atoms with Crippen LogP contribution in [0.4, 0.5) is 5.88 Å². The molecule has 0 amide bonds. The molecule has 1 aromatic heterocycles. The quantitative estimate of drug-likeness (QED) is 0.749. The maximum atomic E-state index is 10.7. The van der Waals surface area contributed by atoms with Crippen molar-refractivity contribution in [1.29, 1.82) is 0 Å². The summed E-state index contributed by atoms with van der Waals surface area (Å²) in [5.74, 6) is -0.755. The minimum atomic E-state index is -1.08. The number of rotatable bonds is 4. The number of aliphatic hydroxyl groups excluding tert-OH is 1. The molecule has 5 heteroatoms. The molecule has 5 nitrogen and oxygen atoms in total. The number of nitrogens with one attached hydrogen (secondary N) is 1. The molecule has 0 aromatic carbocycles. The summed E-state index contributed by atoms with van der Waals surface area (Å²) in [6.07, 6.45) is 5.08. The lowest BCUT2D eigenvalue weighted by molar-refractivity contribution is 0.0663. The van der Waals surface area contributed by atoms with Crippen LogP contribution in [-0.4, -0.2) is 28.3 Å². The summed E-state index contributed by atoms with van der Waals surface area (Å²) in [7, 11) is 0. The highest BCUT2D eigenvalue weighted by atomic mass is 16.4. The van der Waals surface area contributed by atoms with E-state index in [0.29, 0.717) is 5.88 Å². The molecular weight excluding hydrogens is 222 g/mol. The molecule has 0 unspecified atom stereocenters. The Morgan fingerprint density at radius 3 is 2.59 bits per heavy atom. The predicted molar refractivity (Wildman–Crippen MR) is 62.2 cm³/mol. The SMILES string of the molecule is O=C(O)c1ccc(NC2(CO)CCCCC2)o1. The zero-order valence-electron chi connectivity index (χ0n) is 9.61.